The molecule has 0 saturated heterocycles. The zero-order valence-corrected chi connectivity index (χ0v) is 23.3. The first-order valence-electron chi connectivity index (χ1n) is 11.2. The molecule has 0 unspecified atom stereocenters. The second kappa shape index (κ2) is 9.90. The Hall–Kier alpha value is -1.28. The lowest BCUT2D eigenvalue weighted by molar-refractivity contribution is 0.103. The summed E-state index contributed by atoms with van der Waals surface area (Å²) in [5.74, 6) is 0.169. The van der Waals surface area contributed by atoms with Gasteiger partial charge in [-0.05, 0) is 62.7 Å². The number of rotatable bonds is 10. The summed E-state index contributed by atoms with van der Waals surface area (Å²) in [5, 5.41) is 0. The Morgan fingerprint density at radius 3 is 1.57 bits per heavy atom. The summed E-state index contributed by atoms with van der Waals surface area (Å²) in [6.07, 6.45) is 1.90. The number of carbonyl (C=O) groups is 1. The highest BCUT2D eigenvalue weighted by Gasteiger charge is 2.29. The molecule has 0 saturated carbocycles. The highest BCUT2D eigenvalue weighted by Crippen LogP contribution is 2.25. The van der Waals surface area contributed by atoms with Gasteiger partial charge in [0.15, 0.2) is 22.4 Å². The number of carbonyl (C=O) groups excluding carboxylic acids is 1. The minimum absolute atomic E-state index is 0.169. The lowest BCUT2D eigenvalue weighted by Gasteiger charge is -2.31. The van der Waals surface area contributed by atoms with Gasteiger partial charge < -0.3 is 4.12 Å². The van der Waals surface area contributed by atoms with E-state index in [1.165, 1.54) is 11.6 Å². The van der Waals surface area contributed by atoms with Gasteiger partial charge in [-0.1, -0.05) is 74.2 Å². The van der Waals surface area contributed by atoms with E-state index in [0.717, 1.165) is 35.6 Å². The number of ketones is 1. The van der Waals surface area contributed by atoms with Crippen LogP contribution in [0.3, 0.4) is 0 Å². The number of hydrogen-bond donors (Lipinski definition) is 0. The molecule has 0 bridgehead atoms. The quantitative estimate of drug-likeness (QED) is 0.275. The molecular weight excluding hydrogens is 417 g/mol. The lowest BCUT2D eigenvalue weighted by Crippen LogP contribution is -2.42. The van der Waals surface area contributed by atoms with E-state index >= 15 is 0 Å². The highest BCUT2D eigenvalue weighted by atomic mass is 28.4. The van der Waals surface area contributed by atoms with E-state index in [4.69, 9.17) is 4.12 Å². The zero-order valence-electron chi connectivity index (χ0n) is 20.3. The first kappa shape index (κ1) is 25.0. The molecule has 0 aliphatic heterocycles. The molecule has 2 aromatic carbocycles. The lowest BCUT2D eigenvalue weighted by atomic mass is 9.93. The predicted octanol–water partition coefficient (Wildman–Crippen LogP) is 7.40. The van der Waals surface area contributed by atoms with Gasteiger partial charge in [0.05, 0.1) is 0 Å². The Balaban J connectivity index is 2.25. The second-order valence-electron chi connectivity index (χ2n) is 11.2. The van der Waals surface area contributed by atoms with Crippen molar-refractivity contribution >= 4 is 30.5 Å². The Bertz CT molecular complexity index is 861. The van der Waals surface area contributed by atoms with Gasteiger partial charge in [-0.2, -0.15) is 0 Å². The maximum absolute atomic E-state index is 13.6. The predicted molar refractivity (Wildman–Crippen MR) is 139 cm³/mol. The molecule has 0 atom stereocenters. The van der Waals surface area contributed by atoms with Crippen molar-refractivity contribution in [1.29, 1.82) is 0 Å². The second-order valence-corrected chi connectivity index (χ2v) is 25.9. The standard InChI is InChI=1S/C25H40O2Si3/c1-28(2,3)19-17-21-13-9-11-15-23(21)25(26)24-16-12-10-14-22(24)18-20-30(7,8)27-29(4,5)6/h9-16H,17-20H2,1-8H3. The van der Waals surface area contributed by atoms with Gasteiger partial charge in [-0.25, -0.2) is 0 Å². The van der Waals surface area contributed by atoms with Gasteiger partial charge in [-0.3, -0.25) is 4.79 Å². The SMILES string of the molecule is C[Si](C)(C)CCc1ccccc1C(=O)c1ccccc1CC[Si](C)(C)O[Si](C)(C)C. The maximum Gasteiger partial charge on any atom is 0.193 e. The third kappa shape index (κ3) is 8.10. The van der Waals surface area contributed by atoms with Crippen molar-refractivity contribution in [2.75, 3.05) is 0 Å². The van der Waals surface area contributed by atoms with Crippen molar-refractivity contribution < 1.29 is 8.91 Å². The Labute approximate surface area is 187 Å². The summed E-state index contributed by atoms with van der Waals surface area (Å²) in [6, 6.07) is 18.6. The van der Waals surface area contributed by atoms with Gasteiger partial charge in [0.2, 0.25) is 0 Å². The summed E-state index contributed by atoms with van der Waals surface area (Å²) in [7, 11) is -4.46. The van der Waals surface area contributed by atoms with E-state index in [9.17, 15) is 4.79 Å². The van der Waals surface area contributed by atoms with Crippen LogP contribution in [0, 0.1) is 0 Å². The van der Waals surface area contributed by atoms with Crippen molar-refractivity contribution in [1.82, 2.24) is 0 Å². The Morgan fingerprint density at radius 2 is 1.13 bits per heavy atom. The van der Waals surface area contributed by atoms with Crippen LogP contribution in [0.2, 0.25) is 64.5 Å². The molecule has 0 fully saturated rings. The topological polar surface area (TPSA) is 26.3 Å². The van der Waals surface area contributed by atoms with Gasteiger partial charge in [0, 0.05) is 19.2 Å². The normalized spacial score (nSPS) is 12.8. The molecule has 164 valence electrons. The summed E-state index contributed by atoms with van der Waals surface area (Å²) in [6.45, 7) is 18.6. The van der Waals surface area contributed by atoms with E-state index in [1.54, 1.807) is 0 Å². The van der Waals surface area contributed by atoms with Crippen molar-refractivity contribution in [3.63, 3.8) is 0 Å². The van der Waals surface area contributed by atoms with Crippen molar-refractivity contribution in [3.05, 3.63) is 70.8 Å². The zero-order chi connectivity index (χ0) is 22.6. The molecule has 0 amide bonds. The van der Waals surface area contributed by atoms with Crippen LogP contribution in [0.15, 0.2) is 48.5 Å². The fraction of sp³-hybridized carbons (Fsp3) is 0.480. The summed E-state index contributed by atoms with van der Waals surface area (Å²) in [4.78, 5) is 13.6. The molecule has 0 aromatic heterocycles. The third-order valence-electron chi connectivity index (χ3n) is 5.25. The molecular formula is C25H40O2Si3. The van der Waals surface area contributed by atoms with Crippen LogP contribution >= 0.6 is 0 Å². The fourth-order valence-electron chi connectivity index (χ4n) is 3.89. The van der Waals surface area contributed by atoms with Crippen LogP contribution < -0.4 is 0 Å². The van der Waals surface area contributed by atoms with E-state index in [-0.39, 0.29) is 5.78 Å². The molecule has 0 aliphatic rings. The van der Waals surface area contributed by atoms with Crippen molar-refractivity contribution in [2.24, 2.45) is 0 Å². The Morgan fingerprint density at radius 1 is 0.700 bits per heavy atom. The minimum atomic E-state index is -1.75. The molecule has 30 heavy (non-hydrogen) atoms. The van der Waals surface area contributed by atoms with Crippen molar-refractivity contribution in [3.8, 4) is 0 Å². The molecule has 0 aliphatic carbocycles. The van der Waals surface area contributed by atoms with Crippen LogP contribution in [0.1, 0.15) is 27.0 Å². The van der Waals surface area contributed by atoms with Gasteiger partial charge in [0.25, 0.3) is 0 Å². The fourth-order valence-corrected chi connectivity index (χ4v) is 12.8. The molecule has 0 radical (unpaired) electrons. The van der Waals surface area contributed by atoms with E-state index in [1.807, 2.05) is 24.3 Å². The van der Waals surface area contributed by atoms with Gasteiger partial charge in [-0.15, -0.1) is 0 Å². The van der Waals surface area contributed by atoms with Gasteiger partial charge >= 0.3 is 0 Å². The highest BCUT2D eigenvalue weighted by molar-refractivity contribution is 6.84. The first-order valence-corrected chi connectivity index (χ1v) is 21.4. The molecule has 2 rings (SSSR count). The number of benzene rings is 2. The van der Waals surface area contributed by atoms with E-state index in [0.29, 0.717) is 0 Å². The Kier molecular flexibility index (Phi) is 8.24. The van der Waals surface area contributed by atoms with Crippen molar-refractivity contribution in [2.45, 2.75) is 77.3 Å². The smallest absolute Gasteiger partial charge is 0.193 e. The largest absolute Gasteiger partial charge is 0.456 e. The summed E-state index contributed by atoms with van der Waals surface area (Å²) >= 11 is 0. The average molecular weight is 457 g/mol. The van der Waals surface area contributed by atoms with E-state index < -0.39 is 24.7 Å². The first-order chi connectivity index (χ1) is 13.8. The summed E-state index contributed by atoms with van der Waals surface area (Å²) < 4.78 is 6.51. The van der Waals surface area contributed by atoms with Crippen LogP contribution in [0.4, 0.5) is 0 Å². The van der Waals surface area contributed by atoms with Gasteiger partial charge in [0.1, 0.15) is 0 Å². The molecule has 2 nitrogen and oxygen atoms in total. The van der Waals surface area contributed by atoms with Crippen LogP contribution in [0.5, 0.6) is 0 Å². The minimum Gasteiger partial charge on any atom is -0.456 e. The number of hydrogen-bond acceptors (Lipinski definition) is 2. The van der Waals surface area contributed by atoms with Crippen LogP contribution in [-0.2, 0) is 17.0 Å². The molecule has 0 spiro atoms. The van der Waals surface area contributed by atoms with E-state index in [2.05, 4.69) is 76.6 Å². The molecule has 2 aromatic rings. The monoisotopic (exact) mass is 456 g/mol. The number of aryl methyl sites for hydroxylation is 2. The van der Waals surface area contributed by atoms with Crippen LogP contribution in [0.25, 0.3) is 0 Å². The average Bonchev–Trinajstić information content (AvgIpc) is 2.62. The molecule has 5 heteroatoms. The summed E-state index contributed by atoms with van der Waals surface area (Å²) in [5.41, 5.74) is 4.08. The third-order valence-corrected chi connectivity index (χ3v) is 13.1. The maximum atomic E-state index is 13.6. The van der Waals surface area contributed by atoms with Crippen LogP contribution in [-0.4, -0.2) is 30.5 Å². The molecule has 0 N–H and O–H groups in total. The molecule has 0 heterocycles.